The molecule has 0 fully saturated rings. The molecule has 2 rings (SSSR count). The van der Waals surface area contributed by atoms with Crippen LogP contribution < -0.4 is 4.74 Å². The van der Waals surface area contributed by atoms with Crippen molar-refractivity contribution < 1.29 is 18.7 Å². The molecule has 0 atom stereocenters. The standard InChI is InChI=1S/C15H12BrFO3/c1-19-15(18)13-11(17)7-8-12(14(13)16)20-9-10-5-3-2-4-6-10/h2-8H,9H2,1H3. The van der Waals surface area contributed by atoms with Crippen LogP contribution in [0.1, 0.15) is 15.9 Å². The van der Waals surface area contributed by atoms with Crippen LogP contribution in [0.4, 0.5) is 4.39 Å². The van der Waals surface area contributed by atoms with Crippen LogP contribution in [0.2, 0.25) is 0 Å². The zero-order valence-electron chi connectivity index (χ0n) is 10.7. The van der Waals surface area contributed by atoms with Crippen LogP contribution in [0.3, 0.4) is 0 Å². The molecule has 2 aromatic rings. The third-order valence-corrected chi connectivity index (χ3v) is 3.47. The summed E-state index contributed by atoms with van der Waals surface area (Å²) in [5.74, 6) is -1.02. The summed E-state index contributed by atoms with van der Waals surface area (Å²) in [4.78, 5) is 11.5. The van der Waals surface area contributed by atoms with Gasteiger partial charge in [-0.2, -0.15) is 0 Å². The summed E-state index contributed by atoms with van der Waals surface area (Å²) in [5.41, 5.74) is 0.807. The van der Waals surface area contributed by atoms with Crippen LogP contribution in [0, 0.1) is 5.82 Å². The van der Waals surface area contributed by atoms with E-state index >= 15 is 0 Å². The van der Waals surface area contributed by atoms with Crippen molar-refractivity contribution >= 4 is 21.9 Å². The maximum absolute atomic E-state index is 13.6. The molecule has 0 aliphatic rings. The van der Waals surface area contributed by atoms with Crippen LogP contribution in [-0.4, -0.2) is 13.1 Å². The number of carbonyl (C=O) groups excluding carboxylic acids is 1. The molecule has 0 aliphatic heterocycles. The molecule has 0 N–H and O–H groups in total. The first-order chi connectivity index (χ1) is 9.63. The van der Waals surface area contributed by atoms with Gasteiger partial charge in [0.2, 0.25) is 0 Å². The van der Waals surface area contributed by atoms with Gasteiger partial charge < -0.3 is 9.47 Å². The van der Waals surface area contributed by atoms with Crippen LogP contribution in [0.25, 0.3) is 0 Å². The molecule has 0 unspecified atom stereocenters. The summed E-state index contributed by atoms with van der Waals surface area (Å²) in [5, 5.41) is 0. The summed E-state index contributed by atoms with van der Waals surface area (Å²) in [6.45, 7) is 0.325. The van der Waals surface area contributed by atoms with Crippen LogP contribution in [-0.2, 0) is 11.3 Å². The number of methoxy groups -OCH3 is 1. The molecule has 0 heterocycles. The lowest BCUT2D eigenvalue weighted by atomic mass is 10.2. The largest absolute Gasteiger partial charge is 0.488 e. The maximum Gasteiger partial charge on any atom is 0.342 e. The normalized spacial score (nSPS) is 10.2. The van der Waals surface area contributed by atoms with Gasteiger partial charge in [0.1, 0.15) is 23.7 Å². The number of halogens is 2. The van der Waals surface area contributed by atoms with Crippen molar-refractivity contribution in [1.29, 1.82) is 0 Å². The quantitative estimate of drug-likeness (QED) is 0.791. The minimum Gasteiger partial charge on any atom is -0.488 e. The molecule has 0 aromatic heterocycles. The highest BCUT2D eigenvalue weighted by Gasteiger charge is 2.20. The van der Waals surface area contributed by atoms with Gasteiger partial charge in [0.25, 0.3) is 0 Å². The molecule has 3 nitrogen and oxygen atoms in total. The zero-order chi connectivity index (χ0) is 14.5. The van der Waals surface area contributed by atoms with Crippen molar-refractivity contribution in [2.75, 3.05) is 7.11 Å². The number of rotatable bonds is 4. The molecule has 104 valence electrons. The van der Waals surface area contributed by atoms with Crippen molar-refractivity contribution in [2.45, 2.75) is 6.61 Å². The summed E-state index contributed by atoms with van der Waals surface area (Å²) in [6.07, 6.45) is 0. The molecular formula is C15H12BrFO3. The number of benzene rings is 2. The first kappa shape index (κ1) is 14.5. The Morgan fingerprint density at radius 1 is 1.20 bits per heavy atom. The molecule has 0 bridgehead atoms. The number of hydrogen-bond donors (Lipinski definition) is 0. The van der Waals surface area contributed by atoms with Gasteiger partial charge in [-0.25, -0.2) is 9.18 Å². The summed E-state index contributed by atoms with van der Waals surface area (Å²) in [7, 11) is 1.20. The van der Waals surface area contributed by atoms with E-state index in [-0.39, 0.29) is 10.0 Å². The van der Waals surface area contributed by atoms with Gasteiger partial charge in [0, 0.05) is 0 Å². The fraction of sp³-hybridized carbons (Fsp3) is 0.133. The monoisotopic (exact) mass is 338 g/mol. The highest BCUT2D eigenvalue weighted by atomic mass is 79.9. The van der Waals surface area contributed by atoms with Crippen LogP contribution in [0.15, 0.2) is 46.9 Å². The van der Waals surface area contributed by atoms with E-state index in [9.17, 15) is 9.18 Å². The Morgan fingerprint density at radius 2 is 1.90 bits per heavy atom. The van der Waals surface area contributed by atoms with E-state index in [1.54, 1.807) is 0 Å². The van der Waals surface area contributed by atoms with Gasteiger partial charge in [0.15, 0.2) is 0 Å². The SMILES string of the molecule is COC(=O)c1c(F)ccc(OCc2ccccc2)c1Br. The number of carbonyl (C=O) groups is 1. The summed E-state index contributed by atoms with van der Waals surface area (Å²) >= 11 is 3.18. The molecule has 0 aliphatic carbocycles. The second-order valence-corrected chi connectivity index (χ2v) is 4.79. The van der Waals surface area contributed by atoms with E-state index in [0.717, 1.165) is 5.56 Å². The Kier molecular flexibility index (Phi) is 4.74. The first-order valence-corrected chi connectivity index (χ1v) is 6.66. The van der Waals surface area contributed by atoms with Gasteiger partial charge in [-0.15, -0.1) is 0 Å². The second-order valence-electron chi connectivity index (χ2n) is 4.00. The van der Waals surface area contributed by atoms with E-state index in [0.29, 0.717) is 12.4 Å². The minimum atomic E-state index is -0.750. The smallest absolute Gasteiger partial charge is 0.342 e. The molecular weight excluding hydrogens is 327 g/mol. The fourth-order valence-corrected chi connectivity index (χ4v) is 2.27. The molecule has 2 aromatic carbocycles. The van der Waals surface area contributed by atoms with Crippen molar-refractivity contribution in [3.63, 3.8) is 0 Å². The topological polar surface area (TPSA) is 35.5 Å². The Bertz CT molecular complexity index is 614. The number of ether oxygens (including phenoxy) is 2. The van der Waals surface area contributed by atoms with Gasteiger partial charge in [0.05, 0.1) is 11.6 Å². The summed E-state index contributed by atoms with van der Waals surface area (Å²) < 4.78 is 24.0. The van der Waals surface area contributed by atoms with Crippen LogP contribution >= 0.6 is 15.9 Å². The van der Waals surface area contributed by atoms with Gasteiger partial charge in [-0.3, -0.25) is 0 Å². The lowest BCUT2D eigenvalue weighted by molar-refractivity contribution is 0.0593. The maximum atomic E-state index is 13.6. The van der Waals surface area contributed by atoms with Crippen molar-refractivity contribution in [2.24, 2.45) is 0 Å². The Hall–Kier alpha value is -1.88. The highest BCUT2D eigenvalue weighted by Crippen LogP contribution is 2.31. The molecule has 0 saturated heterocycles. The number of esters is 1. The van der Waals surface area contributed by atoms with E-state index in [4.69, 9.17) is 4.74 Å². The highest BCUT2D eigenvalue weighted by molar-refractivity contribution is 9.10. The van der Waals surface area contributed by atoms with E-state index in [1.165, 1.54) is 19.2 Å². The molecule has 20 heavy (non-hydrogen) atoms. The average molecular weight is 339 g/mol. The molecule has 5 heteroatoms. The lowest BCUT2D eigenvalue weighted by Gasteiger charge is -2.11. The zero-order valence-corrected chi connectivity index (χ0v) is 12.3. The third-order valence-electron chi connectivity index (χ3n) is 2.68. The molecule has 0 amide bonds. The predicted molar refractivity (Wildman–Crippen MR) is 76.2 cm³/mol. The first-order valence-electron chi connectivity index (χ1n) is 5.86. The molecule has 0 saturated carbocycles. The molecule has 0 radical (unpaired) electrons. The van der Waals surface area contributed by atoms with Gasteiger partial charge >= 0.3 is 5.97 Å². The Morgan fingerprint density at radius 3 is 2.55 bits per heavy atom. The van der Waals surface area contributed by atoms with Crippen LogP contribution in [0.5, 0.6) is 5.75 Å². The third kappa shape index (κ3) is 3.17. The van der Waals surface area contributed by atoms with Gasteiger partial charge in [-0.05, 0) is 33.6 Å². The molecule has 0 spiro atoms. The fourth-order valence-electron chi connectivity index (χ4n) is 1.67. The number of hydrogen-bond acceptors (Lipinski definition) is 3. The van der Waals surface area contributed by atoms with E-state index < -0.39 is 11.8 Å². The Balaban J connectivity index is 2.23. The Labute approximate surface area is 124 Å². The second kappa shape index (κ2) is 6.52. The van der Waals surface area contributed by atoms with Gasteiger partial charge in [-0.1, -0.05) is 30.3 Å². The predicted octanol–water partition coefficient (Wildman–Crippen LogP) is 3.95. The van der Waals surface area contributed by atoms with Crippen molar-refractivity contribution in [3.8, 4) is 5.75 Å². The summed E-state index contributed by atoms with van der Waals surface area (Å²) in [6, 6.07) is 12.2. The van der Waals surface area contributed by atoms with E-state index in [1.807, 2.05) is 30.3 Å². The lowest BCUT2D eigenvalue weighted by Crippen LogP contribution is -2.07. The van der Waals surface area contributed by atoms with Crippen molar-refractivity contribution in [1.82, 2.24) is 0 Å². The average Bonchev–Trinajstić information content (AvgIpc) is 2.47. The van der Waals surface area contributed by atoms with Crippen molar-refractivity contribution in [3.05, 3.63) is 63.9 Å². The van der Waals surface area contributed by atoms with E-state index in [2.05, 4.69) is 20.7 Å². The minimum absolute atomic E-state index is 0.168.